The molecule has 0 unspecified atom stereocenters. The molecule has 8 nitrogen and oxygen atoms in total. The number of methoxy groups -OCH3 is 2. The lowest BCUT2D eigenvalue weighted by Gasteiger charge is -2.26. The molecule has 9 heteroatoms. The Morgan fingerprint density at radius 2 is 2.10 bits per heavy atom. The smallest absolute Gasteiger partial charge is 0.288 e. The van der Waals surface area contributed by atoms with Gasteiger partial charge in [0.25, 0.3) is 4.84 Å². The molecule has 1 aromatic heterocycles. The van der Waals surface area contributed by atoms with Crippen molar-refractivity contribution in [3.8, 4) is 11.5 Å². The third-order valence-electron chi connectivity index (χ3n) is 5.62. The quantitative estimate of drug-likeness (QED) is 0.640. The third kappa shape index (κ3) is 4.16. The SMILES string of the molecule is COc1ccc(OC)c([C@H]2CCCN2Cn2nc(CN3CCCC3=O)oc2=S)c1. The Labute approximate surface area is 175 Å². The van der Waals surface area contributed by atoms with Gasteiger partial charge in [-0.3, -0.25) is 9.69 Å². The highest BCUT2D eigenvalue weighted by Gasteiger charge is 2.30. The Bertz CT molecular complexity index is 941. The molecule has 0 saturated carbocycles. The van der Waals surface area contributed by atoms with E-state index in [1.54, 1.807) is 23.8 Å². The summed E-state index contributed by atoms with van der Waals surface area (Å²) in [5, 5.41) is 4.53. The van der Waals surface area contributed by atoms with Gasteiger partial charge in [0.1, 0.15) is 11.5 Å². The number of amides is 1. The van der Waals surface area contributed by atoms with Gasteiger partial charge in [0.15, 0.2) is 0 Å². The lowest BCUT2D eigenvalue weighted by atomic mass is 10.0. The van der Waals surface area contributed by atoms with E-state index in [-0.39, 0.29) is 11.9 Å². The number of benzene rings is 1. The molecule has 1 atom stereocenters. The van der Waals surface area contributed by atoms with Gasteiger partial charge in [0.05, 0.1) is 27.4 Å². The van der Waals surface area contributed by atoms with Crippen LogP contribution in [0.5, 0.6) is 11.5 Å². The molecule has 0 bridgehead atoms. The molecule has 29 heavy (non-hydrogen) atoms. The van der Waals surface area contributed by atoms with Gasteiger partial charge in [0.2, 0.25) is 11.8 Å². The zero-order valence-electron chi connectivity index (χ0n) is 16.8. The van der Waals surface area contributed by atoms with Crippen molar-refractivity contribution in [3.63, 3.8) is 0 Å². The van der Waals surface area contributed by atoms with E-state index in [1.807, 2.05) is 18.2 Å². The van der Waals surface area contributed by atoms with Crippen LogP contribution in [0.1, 0.15) is 43.2 Å². The molecule has 1 aromatic carbocycles. The van der Waals surface area contributed by atoms with Crippen molar-refractivity contribution in [1.29, 1.82) is 0 Å². The van der Waals surface area contributed by atoms with Crippen LogP contribution in [0.4, 0.5) is 0 Å². The van der Waals surface area contributed by atoms with Gasteiger partial charge in [-0.1, -0.05) is 0 Å². The van der Waals surface area contributed by atoms with Gasteiger partial charge in [-0.05, 0) is 49.7 Å². The number of aromatic nitrogens is 2. The molecule has 0 radical (unpaired) electrons. The Hall–Kier alpha value is -2.39. The second kappa shape index (κ2) is 8.54. The van der Waals surface area contributed by atoms with Crippen LogP contribution in [0.15, 0.2) is 22.6 Å². The van der Waals surface area contributed by atoms with Crippen molar-refractivity contribution in [1.82, 2.24) is 19.6 Å². The first kappa shape index (κ1) is 19.9. The van der Waals surface area contributed by atoms with Crippen molar-refractivity contribution >= 4 is 18.1 Å². The van der Waals surface area contributed by atoms with Crippen molar-refractivity contribution in [2.24, 2.45) is 0 Å². The van der Waals surface area contributed by atoms with Crippen molar-refractivity contribution in [2.45, 2.75) is 44.9 Å². The molecule has 2 aliphatic rings. The molecule has 2 aromatic rings. The van der Waals surface area contributed by atoms with E-state index in [0.29, 0.717) is 30.4 Å². The fourth-order valence-electron chi connectivity index (χ4n) is 4.16. The molecular weight excluding hydrogens is 392 g/mol. The summed E-state index contributed by atoms with van der Waals surface area (Å²) < 4.78 is 18.4. The molecule has 0 aliphatic carbocycles. The van der Waals surface area contributed by atoms with Gasteiger partial charge in [-0.25, -0.2) is 4.68 Å². The maximum Gasteiger partial charge on any atom is 0.288 e. The van der Waals surface area contributed by atoms with Gasteiger partial charge in [0, 0.05) is 31.1 Å². The molecule has 2 aliphatic heterocycles. The Kier molecular flexibility index (Phi) is 5.86. The minimum atomic E-state index is 0.144. The first-order valence-corrected chi connectivity index (χ1v) is 10.3. The summed E-state index contributed by atoms with van der Waals surface area (Å²) in [6.07, 6.45) is 3.58. The number of likely N-dealkylation sites (tertiary alicyclic amines) is 2. The minimum Gasteiger partial charge on any atom is -0.497 e. The van der Waals surface area contributed by atoms with Gasteiger partial charge in [-0.15, -0.1) is 5.10 Å². The van der Waals surface area contributed by atoms with E-state index in [0.717, 1.165) is 49.4 Å². The van der Waals surface area contributed by atoms with Gasteiger partial charge < -0.3 is 18.8 Å². The Balaban J connectivity index is 1.52. The third-order valence-corrected chi connectivity index (χ3v) is 5.91. The highest BCUT2D eigenvalue weighted by molar-refractivity contribution is 7.71. The fraction of sp³-hybridized carbons (Fsp3) is 0.550. The highest BCUT2D eigenvalue weighted by atomic mass is 32.1. The van der Waals surface area contributed by atoms with E-state index in [9.17, 15) is 4.79 Å². The molecule has 0 N–H and O–H groups in total. The summed E-state index contributed by atoms with van der Waals surface area (Å²) in [6, 6.07) is 6.06. The van der Waals surface area contributed by atoms with Crippen LogP contribution < -0.4 is 9.47 Å². The molecule has 2 saturated heterocycles. The molecule has 0 spiro atoms. The summed E-state index contributed by atoms with van der Waals surface area (Å²) in [7, 11) is 3.35. The van der Waals surface area contributed by atoms with E-state index < -0.39 is 0 Å². The maximum atomic E-state index is 11.9. The Morgan fingerprint density at radius 3 is 2.83 bits per heavy atom. The molecule has 3 heterocycles. The summed E-state index contributed by atoms with van der Waals surface area (Å²) in [5.74, 6) is 2.29. The molecule has 2 fully saturated rings. The molecule has 1 amide bonds. The first-order valence-electron chi connectivity index (χ1n) is 9.89. The normalized spacial score (nSPS) is 19.9. The number of nitrogens with zero attached hydrogens (tertiary/aromatic N) is 4. The van der Waals surface area contributed by atoms with E-state index in [4.69, 9.17) is 26.1 Å². The molecule has 4 rings (SSSR count). The summed E-state index contributed by atoms with van der Waals surface area (Å²) in [6.45, 7) is 2.58. The lowest BCUT2D eigenvalue weighted by molar-refractivity contribution is -0.128. The Morgan fingerprint density at radius 1 is 1.24 bits per heavy atom. The second-order valence-electron chi connectivity index (χ2n) is 7.40. The predicted molar refractivity (Wildman–Crippen MR) is 108 cm³/mol. The fourth-order valence-corrected chi connectivity index (χ4v) is 4.35. The van der Waals surface area contributed by atoms with Crippen LogP contribution in [0.25, 0.3) is 0 Å². The first-order chi connectivity index (χ1) is 14.1. The average Bonchev–Trinajstić information content (AvgIpc) is 3.43. The summed E-state index contributed by atoms with van der Waals surface area (Å²) in [5.41, 5.74) is 1.10. The van der Waals surface area contributed by atoms with Crippen LogP contribution >= 0.6 is 12.2 Å². The number of carbonyl (C=O) groups excluding carboxylic acids is 1. The van der Waals surface area contributed by atoms with Gasteiger partial charge in [-0.2, -0.15) is 0 Å². The average molecular weight is 419 g/mol. The summed E-state index contributed by atoms with van der Waals surface area (Å²) >= 11 is 5.38. The van der Waals surface area contributed by atoms with Gasteiger partial charge >= 0.3 is 0 Å². The van der Waals surface area contributed by atoms with E-state index >= 15 is 0 Å². The van der Waals surface area contributed by atoms with Crippen LogP contribution in [0.2, 0.25) is 0 Å². The maximum absolute atomic E-state index is 11.9. The standard InChI is InChI=1S/C20H26N4O4S/c1-26-14-7-8-17(27-2)15(11-14)16-5-3-10-23(16)13-24-20(29)28-18(21-24)12-22-9-4-6-19(22)25/h7-8,11,16H,3-6,9-10,12-13H2,1-2H3/t16-/m1/s1. The predicted octanol–water partition coefficient (Wildman–Crippen LogP) is 3.14. The minimum absolute atomic E-state index is 0.144. The highest BCUT2D eigenvalue weighted by Crippen LogP contribution is 2.39. The number of hydrogen-bond donors (Lipinski definition) is 0. The van der Waals surface area contributed by atoms with Crippen LogP contribution in [0.3, 0.4) is 0 Å². The van der Waals surface area contributed by atoms with Crippen LogP contribution in [-0.4, -0.2) is 52.8 Å². The van der Waals surface area contributed by atoms with Crippen molar-refractivity contribution in [3.05, 3.63) is 34.5 Å². The second-order valence-corrected chi connectivity index (χ2v) is 7.75. The number of hydrogen-bond acceptors (Lipinski definition) is 7. The number of rotatable bonds is 7. The number of ether oxygens (including phenoxy) is 2. The van der Waals surface area contributed by atoms with Crippen molar-refractivity contribution < 1.29 is 18.7 Å². The zero-order valence-corrected chi connectivity index (χ0v) is 17.6. The van der Waals surface area contributed by atoms with E-state index in [2.05, 4.69) is 10.00 Å². The van der Waals surface area contributed by atoms with E-state index in [1.165, 1.54) is 0 Å². The monoisotopic (exact) mass is 418 g/mol. The molecule has 156 valence electrons. The lowest BCUT2D eigenvalue weighted by Crippen LogP contribution is -2.27. The molecular formula is C20H26N4O4S. The zero-order chi connectivity index (χ0) is 20.4. The van der Waals surface area contributed by atoms with Crippen LogP contribution in [-0.2, 0) is 18.0 Å². The number of carbonyl (C=O) groups is 1. The topological polar surface area (TPSA) is 73.0 Å². The largest absolute Gasteiger partial charge is 0.497 e. The van der Waals surface area contributed by atoms with Crippen molar-refractivity contribution in [2.75, 3.05) is 27.3 Å². The summed E-state index contributed by atoms with van der Waals surface area (Å²) in [4.78, 5) is 16.3. The van der Waals surface area contributed by atoms with Crippen LogP contribution in [0, 0.1) is 4.84 Å².